The highest BCUT2D eigenvalue weighted by Gasteiger charge is 2.45. The Hall–Kier alpha value is -1.02. The number of benzene rings is 1. The van der Waals surface area contributed by atoms with Crippen molar-refractivity contribution < 1.29 is 4.74 Å². The van der Waals surface area contributed by atoms with E-state index in [2.05, 4.69) is 36.1 Å². The lowest BCUT2D eigenvalue weighted by molar-refractivity contribution is 0.175. The smallest absolute Gasteiger partial charge is 0.119 e. The van der Waals surface area contributed by atoms with Crippen molar-refractivity contribution in [2.75, 3.05) is 26.2 Å². The van der Waals surface area contributed by atoms with E-state index in [4.69, 9.17) is 4.74 Å². The lowest BCUT2D eigenvalue weighted by Gasteiger charge is -2.37. The van der Waals surface area contributed by atoms with E-state index in [1.165, 1.54) is 83.8 Å². The molecule has 1 saturated heterocycles. The molecule has 2 nitrogen and oxygen atoms in total. The molecule has 0 aromatic heterocycles. The molecule has 150 valence electrons. The Kier molecular flexibility index (Phi) is 6.42. The second-order valence-electron chi connectivity index (χ2n) is 9.49. The number of hydrogen-bond acceptors (Lipinski definition) is 2. The highest BCUT2D eigenvalue weighted by molar-refractivity contribution is 5.36. The van der Waals surface area contributed by atoms with Gasteiger partial charge in [0.25, 0.3) is 0 Å². The van der Waals surface area contributed by atoms with Gasteiger partial charge in [0, 0.05) is 13.1 Å². The fourth-order valence-corrected chi connectivity index (χ4v) is 6.30. The molecular formula is C25H39NO. The zero-order chi connectivity index (χ0) is 18.5. The predicted octanol–water partition coefficient (Wildman–Crippen LogP) is 6.19. The highest BCUT2D eigenvalue weighted by atomic mass is 16.5. The van der Waals surface area contributed by atoms with Gasteiger partial charge >= 0.3 is 0 Å². The summed E-state index contributed by atoms with van der Waals surface area (Å²) in [6, 6.07) is 9.15. The molecule has 1 heterocycles. The summed E-state index contributed by atoms with van der Waals surface area (Å²) >= 11 is 0. The van der Waals surface area contributed by atoms with Gasteiger partial charge in [0.15, 0.2) is 0 Å². The van der Waals surface area contributed by atoms with E-state index >= 15 is 0 Å². The molecule has 0 amide bonds. The van der Waals surface area contributed by atoms with Crippen LogP contribution in [0.5, 0.6) is 5.75 Å². The minimum atomic E-state index is 0.410. The van der Waals surface area contributed by atoms with Crippen molar-refractivity contribution in [1.29, 1.82) is 0 Å². The minimum Gasteiger partial charge on any atom is -0.494 e. The number of nitrogens with zero attached hydrogens (tertiary/aromatic N) is 1. The van der Waals surface area contributed by atoms with Crippen LogP contribution in [-0.4, -0.2) is 31.1 Å². The SMILES string of the molecule is CCCOc1cccc(C23CCCC2CN(CC2CCCCC2)CCC3)c1. The van der Waals surface area contributed by atoms with Crippen molar-refractivity contribution in [3.8, 4) is 5.75 Å². The van der Waals surface area contributed by atoms with Gasteiger partial charge in [0.1, 0.15) is 5.75 Å². The molecule has 2 saturated carbocycles. The predicted molar refractivity (Wildman–Crippen MR) is 113 cm³/mol. The second kappa shape index (κ2) is 8.99. The summed E-state index contributed by atoms with van der Waals surface area (Å²) in [5.74, 6) is 2.89. The summed E-state index contributed by atoms with van der Waals surface area (Å²) in [6.07, 6.45) is 15.4. The van der Waals surface area contributed by atoms with E-state index in [-0.39, 0.29) is 0 Å². The molecule has 1 aliphatic heterocycles. The van der Waals surface area contributed by atoms with Crippen LogP contribution in [0, 0.1) is 11.8 Å². The molecule has 2 heteroatoms. The van der Waals surface area contributed by atoms with E-state index in [0.717, 1.165) is 30.6 Å². The Morgan fingerprint density at radius 2 is 1.89 bits per heavy atom. The molecular weight excluding hydrogens is 330 g/mol. The van der Waals surface area contributed by atoms with Crippen LogP contribution < -0.4 is 4.74 Å². The van der Waals surface area contributed by atoms with Crippen molar-refractivity contribution in [3.05, 3.63) is 29.8 Å². The van der Waals surface area contributed by atoms with Crippen LogP contribution in [0.4, 0.5) is 0 Å². The van der Waals surface area contributed by atoms with Crippen LogP contribution >= 0.6 is 0 Å². The standard InChI is InChI=1S/C25H39NO/c1-2-17-27-24-13-6-11-22(18-24)25-14-7-12-23(25)20-26(16-8-15-25)19-21-9-4-3-5-10-21/h6,11,13,18,21,23H,2-5,7-10,12,14-17,19-20H2,1H3. The molecule has 0 spiro atoms. The van der Waals surface area contributed by atoms with Gasteiger partial charge in [0.2, 0.25) is 0 Å². The van der Waals surface area contributed by atoms with Gasteiger partial charge in [-0.25, -0.2) is 0 Å². The normalized spacial score (nSPS) is 30.0. The van der Waals surface area contributed by atoms with Crippen LogP contribution in [-0.2, 0) is 5.41 Å². The van der Waals surface area contributed by atoms with E-state index in [1.807, 2.05) is 0 Å². The summed E-state index contributed by atoms with van der Waals surface area (Å²) in [6.45, 7) is 7.03. The zero-order valence-corrected chi connectivity index (χ0v) is 17.4. The number of fused-ring (bicyclic) bond motifs is 1. The van der Waals surface area contributed by atoms with Crippen LogP contribution in [0.2, 0.25) is 0 Å². The summed E-state index contributed by atoms with van der Waals surface area (Å²) in [4.78, 5) is 2.85. The molecule has 0 bridgehead atoms. The summed E-state index contributed by atoms with van der Waals surface area (Å²) in [5.41, 5.74) is 1.98. The minimum absolute atomic E-state index is 0.410. The average Bonchev–Trinajstić information content (AvgIpc) is 3.02. The topological polar surface area (TPSA) is 12.5 Å². The molecule has 0 radical (unpaired) electrons. The quantitative estimate of drug-likeness (QED) is 0.593. The van der Waals surface area contributed by atoms with Crippen molar-refractivity contribution in [3.63, 3.8) is 0 Å². The highest BCUT2D eigenvalue weighted by Crippen LogP contribution is 2.51. The number of likely N-dealkylation sites (tertiary alicyclic amines) is 1. The van der Waals surface area contributed by atoms with Gasteiger partial charge in [-0.05, 0) is 86.4 Å². The summed E-state index contributed by atoms with van der Waals surface area (Å²) in [7, 11) is 0. The van der Waals surface area contributed by atoms with Crippen LogP contribution in [0.3, 0.4) is 0 Å². The Morgan fingerprint density at radius 3 is 2.74 bits per heavy atom. The maximum absolute atomic E-state index is 5.97. The van der Waals surface area contributed by atoms with E-state index in [1.54, 1.807) is 5.56 Å². The van der Waals surface area contributed by atoms with Crippen LogP contribution in [0.15, 0.2) is 24.3 Å². The van der Waals surface area contributed by atoms with Crippen molar-refractivity contribution in [2.45, 2.75) is 83.0 Å². The van der Waals surface area contributed by atoms with Crippen LogP contribution in [0.1, 0.15) is 83.1 Å². The molecule has 2 atom stereocenters. The second-order valence-corrected chi connectivity index (χ2v) is 9.49. The third-order valence-corrected chi connectivity index (χ3v) is 7.66. The van der Waals surface area contributed by atoms with Gasteiger partial charge in [-0.2, -0.15) is 0 Å². The molecule has 4 rings (SSSR count). The van der Waals surface area contributed by atoms with Crippen LogP contribution in [0.25, 0.3) is 0 Å². The number of hydrogen-bond donors (Lipinski definition) is 0. The Balaban J connectivity index is 1.48. The maximum atomic E-state index is 5.97. The van der Waals surface area contributed by atoms with E-state index in [0.29, 0.717) is 5.41 Å². The van der Waals surface area contributed by atoms with E-state index < -0.39 is 0 Å². The summed E-state index contributed by atoms with van der Waals surface area (Å²) in [5, 5.41) is 0. The van der Waals surface area contributed by atoms with Crippen molar-refractivity contribution >= 4 is 0 Å². The Morgan fingerprint density at radius 1 is 1.04 bits per heavy atom. The van der Waals surface area contributed by atoms with Gasteiger partial charge < -0.3 is 9.64 Å². The van der Waals surface area contributed by atoms with Gasteiger partial charge in [-0.15, -0.1) is 0 Å². The van der Waals surface area contributed by atoms with Gasteiger partial charge in [0.05, 0.1) is 6.61 Å². The largest absolute Gasteiger partial charge is 0.494 e. The zero-order valence-electron chi connectivity index (χ0n) is 17.4. The number of rotatable bonds is 6. The lowest BCUT2D eigenvalue weighted by Crippen LogP contribution is -2.38. The maximum Gasteiger partial charge on any atom is 0.119 e. The average molecular weight is 370 g/mol. The third kappa shape index (κ3) is 4.36. The molecule has 3 fully saturated rings. The fraction of sp³-hybridized carbons (Fsp3) is 0.760. The Labute approximate surface area is 166 Å². The molecule has 2 aliphatic carbocycles. The molecule has 0 N–H and O–H groups in total. The first-order valence-electron chi connectivity index (χ1n) is 11.8. The molecule has 2 unspecified atom stereocenters. The summed E-state index contributed by atoms with van der Waals surface area (Å²) < 4.78 is 5.97. The molecule has 3 aliphatic rings. The first kappa shape index (κ1) is 19.3. The van der Waals surface area contributed by atoms with Gasteiger partial charge in [-0.1, -0.05) is 44.7 Å². The molecule has 1 aromatic carbocycles. The monoisotopic (exact) mass is 369 g/mol. The number of ether oxygens (including phenoxy) is 1. The van der Waals surface area contributed by atoms with E-state index in [9.17, 15) is 0 Å². The molecule has 27 heavy (non-hydrogen) atoms. The first-order chi connectivity index (χ1) is 13.3. The fourth-order valence-electron chi connectivity index (χ4n) is 6.30. The van der Waals surface area contributed by atoms with Crippen molar-refractivity contribution in [1.82, 2.24) is 4.90 Å². The first-order valence-corrected chi connectivity index (χ1v) is 11.8. The third-order valence-electron chi connectivity index (χ3n) is 7.66. The Bertz CT molecular complexity index is 594. The van der Waals surface area contributed by atoms with Crippen molar-refractivity contribution in [2.24, 2.45) is 11.8 Å². The van der Waals surface area contributed by atoms with Gasteiger partial charge in [-0.3, -0.25) is 0 Å². The molecule has 1 aromatic rings. The lowest BCUT2D eigenvalue weighted by atomic mass is 9.69.